The van der Waals surface area contributed by atoms with Gasteiger partial charge in [-0.15, -0.1) is 0 Å². The summed E-state index contributed by atoms with van der Waals surface area (Å²) in [6, 6.07) is 16.3. The van der Waals surface area contributed by atoms with Crippen LogP contribution in [0.5, 0.6) is 0 Å². The second kappa shape index (κ2) is 8.04. The Hall–Kier alpha value is -2.80. The van der Waals surface area contributed by atoms with E-state index in [4.69, 9.17) is 4.74 Å². The molecule has 0 saturated heterocycles. The van der Waals surface area contributed by atoms with Crippen molar-refractivity contribution in [1.82, 2.24) is 0 Å². The van der Waals surface area contributed by atoms with Crippen LogP contribution in [0.3, 0.4) is 0 Å². The van der Waals surface area contributed by atoms with Gasteiger partial charge in [-0.1, -0.05) is 87.4 Å². The maximum Gasteiger partial charge on any atom is 0.123 e. The molecule has 1 unspecified atom stereocenters. The van der Waals surface area contributed by atoms with Crippen molar-refractivity contribution < 1.29 is 4.74 Å². The first-order valence-corrected chi connectivity index (χ1v) is 11.8. The molecule has 0 heterocycles. The van der Waals surface area contributed by atoms with Crippen LogP contribution in [0.15, 0.2) is 84.2 Å². The molecule has 0 saturated carbocycles. The Balaban J connectivity index is 1.73. The molecule has 1 atom stereocenters. The summed E-state index contributed by atoms with van der Waals surface area (Å²) >= 11 is 0. The van der Waals surface area contributed by atoms with Gasteiger partial charge in [-0.05, 0) is 64.8 Å². The Morgan fingerprint density at radius 3 is 2.48 bits per heavy atom. The zero-order valence-corrected chi connectivity index (χ0v) is 18.9. The Bertz CT molecular complexity index is 1120. The molecule has 0 bridgehead atoms. The van der Waals surface area contributed by atoms with Gasteiger partial charge in [0.1, 0.15) is 5.76 Å². The molecular weight excluding hydrogens is 376 g/mol. The summed E-state index contributed by atoms with van der Waals surface area (Å²) < 4.78 is 5.88. The van der Waals surface area contributed by atoms with Crippen LogP contribution in [0.4, 0.5) is 0 Å². The highest BCUT2D eigenvalue weighted by Gasteiger charge is 2.42. The third-order valence-electron chi connectivity index (χ3n) is 7.35. The Morgan fingerprint density at radius 1 is 0.935 bits per heavy atom. The predicted molar refractivity (Wildman–Crippen MR) is 131 cm³/mol. The van der Waals surface area contributed by atoms with E-state index in [2.05, 4.69) is 86.7 Å². The third kappa shape index (κ3) is 3.05. The van der Waals surface area contributed by atoms with Gasteiger partial charge in [-0.3, -0.25) is 0 Å². The van der Waals surface area contributed by atoms with Crippen molar-refractivity contribution in [2.75, 3.05) is 7.11 Å². The zero-order chi connectivity index (χ0) is 21.4. The van der Waals surface area contributed by atoms with Crippen molar-refractivity contribution >= 4 is 5.57 Å². The topological polar surface area (TPSA) is 9.23 Å². The Morgan fingerprint density at radius 2 is 1.71 bits per heavy atom. The second-order valence-electron chi connectivity index (χ2n) is 9.08. The molecule has 1 nitrogen and oxygen atoms in total. The lowest BCUT2D eigenvalue weighted by Gasteiger charge is -2.33. The molecular formula is C30H32O. The largest absolute Gasteiger partial charge is 0.496 e. The van der Waals surface area contributed by atoms with Crippen molar-refractivity contribution in [3.05, 3.63) is 101 Å². The van der Waals surface area contributed by atoms with Crippen LogP contribution in [0.25, 0.3) is 16.7 Å². The van der Waals surface area contributed by atoms with Gasteiger partial charge in [0.25, 0.3) is 0 Å². The summed E-state index contributed by atoms with van der Waals surface area (Å²) in [7, 11) is 1.80. The van der Waals surface area contributed by atoms with Gasteiger partial charge in [-0.25, -0.2) is 0 Å². The molecule has 0 radical (unpaired) electrons. The average Bonchev–Trinajstić information content (AvgIpc) is 3.08. The van der Waals surface area contributed by atoms with Gasteiger partial charge in [0, 0.05) is 16.9 Å². The minimum absolute atomic E-state index is 0.115. The number of fused-ring (bicyclic) bond motifs is 4. The van der Waals surface area contributed by atoms with Crippen molar-refractivity contribution in [3.8, 4) is 11.1 Å². The molecule has 0 spiro atoms. The lowest BCUT2D eigenvalue weighted by atomic mass is 9.71. The fraction of sp³-hybridized carbons (Fsp3) is 0.333. The van der Waals surface area contributed by atoms with Crippen LogP contribution in [0, 0.1) is 5.92 Å². The van der Waals surface area contributed by atoms with E-state index in [0.717, 1.165) is 12.2 Å². The van der Waals surface area contributed by atoms with Crippen molar-refractivity contribution in [3.63, 3.8) is 0 Å². The van der Waals surface area contributed by atoms with Gasteiger partial charge in [0.15, 0.2) is 0 Å². The molecule has 0 N–H and O–H groups in total. The van der Waals surface area contributed by atoms with Crippen LogP contribution in [0.2, 0.25) is 0 Å². The van der Waals surface area contributed by atoms with E-state index in [1.54, 1.807) is 7.11 Å². The van der Waals surface area contributed by atoms with Gasteiger partial charge in [0.05, 0.1) is 7.11 Å². The minimum atomic E-state index is 0.115. The van der Waals surface area contributed by atoms with E-state index >= 15 is 0 Å². The van der Waals surface area contributed by atoms with Crippen LogP contribution in [-0.2, 0) is 10.2 Å². The van der Waals surface area contributed by atoms with E-state index in [0.29, 0.717) is 5.92 Å². The molecule has 158 valence electrons. The van der Waals surface area contributed by atoms with Crippen molar-refractivity contribution in [2.24, 2.45) is 5.92 Å². The number of benzene rings is 2. The maximum atomic E-state index is 5.88. The van der Waals surface area contributed by atoms with Crippen molar-refractivity contribution in [1.29, 1.82) is 0 Å². The van der Waals surface area contributed by atoms with E-state index in [1.807, 2.05) is 0 Å². The molecule has 5 rings (SSSR count). The second-order valence-corrected chi connectivity index (χ2v) is 9.08. The number of hydrogen-bond acceptors (Lipinski definition) is 1. The predicted octanol–water partition coefficient (Wildman–Crippen LogP) is 7.98. The highest BCUT2D eigenvalue weighted by molar-refractivity contribution is 5.88. The molecule has 1 heteroatoms. The molecule has 2 aromatic carbocycles. The van der Waals surface area contributed by atoms with E-state index in [9.17, 15) is 0 Å². The highest BCUT2D eigenvalue weighted by Crippen LogP contribution is 2.54. The number of rotatable bonds is 6. The first-order valence-electron chi connectivity index (χ1n) is 11.8. The molecule has 3 aliphatic rings. The fourth-order valence-electron chi connectivity index (χ4n) is 6.16. The van der Waals surface area contributed by atoms with E-state index in [1.165, 1.54) is 64.6 Å². The quantitative estimate of drug-likeness (QED) is 0.471. The number of methoxy groups -OCH3 is 1. The smallest absolute Gasteiger partial charge is 0.123 e. The first kappa shape index (κ1) is 20.1. The molecule has 0 aliphatic heterocycles. The SMILES string of the molecule is CCCC1(CCC)c2ccccc2-c2ccc(C3=C4C=CC=CC4CC=C3OC)cc21. The van der Waals surface area contributed by atoms with Crippen LogP contribution >= 0.6 is 0 Å². The molecule has 0 fully saturated rings. The van der Waals surface area contributed by atoms with Gasteiger partial charge in [0.2, 0.25) is 0 Å². The molecule has 0 amide bonds. The van der Waals surface area contributed by atoms with E-state index < -0.39 is 0 Å². The third-order valence-corrected chi connectivity index (χ3v) is 7.35. The maximum absolute atomic E-state index is 5.88. The molecule has 3 aliphatic carbocycles. The summed E-state index contributed by atoms with van der Waals surface area (Å²) in [5.41, 5.74) is 9.92. The summed E-state index contributed by atoms with van der Waals surface area (Å²) in [4.78, 5) is 0. The number of allylic oxidation sites excluding steroid dienone is 7. The lowest BCUT2D eigenvalue weighted by molar-refractivity contribution is 0.306. The normalized spacial score (nSPS) is 20.2. The number of hydrogen-bond donors (Lipinski definition) is 0. The summed E-state index contributed by atoms with van der Waals surface area (Å²) in [6.07, 6.45) is 17.0. The monoisotopic (exact) mass is 408 g/mol. The van der Waals surface area contributed by atoms with Gasteiger partial charge in [-0.2, -0.15) is 0 Å². The standard InChI is InChI=1S/C30H32O/c1-4-18-30(19-5-2)26-13-9-8-12-24(26)25-16-14-22(20-27(25)30)29-23-11-7-6-10-21(23)15-17-28(29)31-3/h6-14,16-17,20-21H,4-5,15,18-19H2,1-3H3. The average molecular weight is 409 g/mol. The highest BCUT2D eigenvalue weighted by atomic mass is 16.5. The summed E-state index contributed by atoms with van der Waals surface area (Å²) in [6.45, 7) is 4.65. The first-order chi connectivity index (χ1) is 15.2. The summed E-state index contributed by atoms with van der Waals surface area (Å²) in [5.74, 6) is 1.46. The number of ether oxygens (including phenoxy) is 1. The van der Waals surface area contributed by atoms with E-state index in [-0.39, 0.29) is 5.41 Å². The van der Waals surface area contributed by atoms with Gasteiger partial charge < -0.3 is 4.74 Å². The van der Waals surface area contributed by atoms with Crippen molar-refractivity contribution in [2.45, 2.75) is 51.4 Å². The minimum Gasteiger partial charge on any atom is -0.496 e. The molecule has 0 aromatic heterocycles. The lowest BCUT2D eigenvalue weighted by Crippen LogP contribution is -2.25. The van der Waals surface area contributed by atoms with Crippen LogP contribution in [0.1, 0.15) is 62.6 Å². The van der Waals surface area contributed by atoms with Gasteiger partial charge >= 0.3 is 0 Å². The Labute approximate surface area is 186 Å². The molecule has 31 heavy (non-hydrogen) atoms. The Kier molecular flexibility index (Phi) is 5.22. The zero-order valence-electron chi connectivity index (χ0n) is 18.9. The van der Waals surface area contributed by atoms with Crippen LogP contribution < -0.4 is 0 Å². The summed E-state index contributed by atoms with van der Waals surface area (Å²) in [5, 5.41) is 0. The molecule has 2 aromatic rings. The fourth-order valence-corrected chi connectivity index (χ4v) is 6.16. The van der Waals surface area contributed by atoms with Crippen LogP contribution in [-0.4, -0.2) is 7.11 Å².